The van der Waals surface area contributed by atoms with E-state index in [2.05, 4.69) is 42.7 Å². The molecule has 0 aliphatic carbocycles. The third kappa shape index (κ3) is 6.74. The molecule has 0 saturated carbocycles. The van der Waals surface area contributed by atoms with Crippen molar-refractivity contribution in [3.63, 3.8) is 0 Å². The molecule has 3 aromatic rings. The zero-order valence-corrected chi connectivity index (χ0v) is 25.4. The highest BCUT2D eigenvalue weighted by Gasteiger charge is 2.25. The van der Waals surface area contributed by atoms with E-state index < -0.39 is 11.7 Å². The molecule has 0 bridgehead atoms. The lowest BCUT2D eigenvalue weighted by Gasteiger charge is -2.35. The highest BCUT2D eigenvalue weighted by Crippen LogP contribution is 2.35. The number of aromatic nitrogens is 3. The maximum absolute atomic E-state index is 14.3. The molecule has 0 atom stereocenters. The fourth-order valence-electron chi connectivity index (χ4n) is 5.27. The summed E-state index contributed by atoms with van der Waals surface area (Å²) < 4.78 is 21.2. The molecular formula is C29H37ClFN9O3. The number of hydrogen-bond donors (Lipinski definition) is 3. The van der Waals surface area contributed by atoms with Crippen molar-refractivity contribution in [3.05, 3.63) is 57.6 Å². The van der Waals surface area contributed by atoms with Crippen molar-refractivity contribution in [2.24, 2.45) is 0 Å². The molecule has 2 saturated heterocycles. The number of piperazine rings is 1. The van der Waals surface area contributed by atoms with E-state index in [1.807, 2.05) is 19.1 Å². The average molecular weight is 614 g/mol. The fourth-order valence-corrected chi connectivity index (χ4v) is 5.50. The molecule has 2 aliphatic heterocycles. The van der Waals surface area contributed by atoms with Crippen molar-refractivity contribution in [3.8, 4) is 5.69 Å². The zero-order valence-electron chi connectivity index (χ0n) is 24.6. The summed E-state index contributed by atoms with van der Waals surface area (Å²) in [5, 5.41) is 14.2. The van der Waals surface area contributed by atoms with Crippen LogP contribution in [0.4, 0.5) is 21.5 Å². The van der Waals surface area contributed by atoms with Gasteiger partial charge in [-0.25, -0.2) is 9.07 Å². The smallest absolute Gasteiger partial charge is 0.273 e. The van der Waals surface area contributed by atoms with Crippen LogP contribution in [0.25, 0.3) is 5.69 Å². The number of hydrogen-bond acceptors (Lipinski definition) is 9. The Morgan fingerprint density at radius 3 is 2.47 bits per heavy atom. The van der Waals surface area contributed by atoms with Gasteiger partial charge in [0.05, 0.1) is 52.7 Å². The van der Waals surface area contributed by atoms with Crippen molar-refractivity contribution in [1.82, 2.24) is 30.1 Å². The molecule has 1 aromatic heterocycles. The SMILES string of the molecule is Cc1c(F)c(N)cc(C(=O)Nc2c(N3CCN(C)CC3)ccc(-n3cc(C(=O)NCCN4CCOCC4)nn3)c2C)c1Cl. The number of nitrogen functional groups attached to an aromatic ring is 1. The lowest BCUT2D eigenvalue weighted by molar-refractivity contribution is 0.0383. The second kappa shape index (κ2) is 13.2. The molecule has 2 fully saturated rings. The van der Waals surface area contributed by atoms with E-state index in [4.69, 9.17) is 22.1 Å². The number of carbonyl (C=O) groups is 2. The van der Waals surface area contributed by atoms with Crippen LogP contribution < -0.4 is 21.3 Å². The van der Waals surface area contributed by atoms with Gasteiger partial charge >= 0.3 is 0 Å². The van der Waals surface area contributed by atoms with Gasteiger partial charge < -0.3 is 30.9 Å². The van der Waals surface area contributed by atoms with Crippen LogP contribution in [0, 0.1) is 19.7 Å². The third-order valence-corrected chi connectivity index (χ3v) is 8.47. The topological polar surface area (TPSA) is 134 Å². The van der Waals surface area contributed by atoms with Crippen LogP contribution in [0.15, 0.2) is 24.4 Å². The molecule has 0 unspecified atom stereocenters. The van der Waals surface area contributed by atoms with E-state index >= 15 is 0 Å². The van der Waals surface area contributed by atoms with E-state index in [0.29, 0.717) is 36.7 Å². The van der Waals surface area contributed by atoms with Gasteiger partial charge in [0.15, 0.2) is 11.5 Å². The lowest BCUT2D eigenvalue weighted by Crippen LogP contribution is -2.44. The Morgan fingerprint density at radius 2 is 1.74 bits per heavy atom. The Hall–Kier alpha value is -3.78. The van der Waals surface area contributed by atoms with Gasteiger partial charge in [-0.3, -0.25) is 14.5 Å². The van der Waals surface area contributed by atoms with E-state index in [1.54, 1.807) is 6.20 Å². The summed E-state index contributed by atoms with van der Waals surface area (Å²) in [5.74, 6) is -1.49. The first kappa shape index (κ1) is 30.7. The van der Waals surface area contributed by atoms with Gasteiger partial charge in [0.2, 0.25) is 0 Å². The van der Waals surface area contributed by atoms with Crippen LogP contribution in [0.2, 0.25) is 5.02 Å². The van der Waals surface area contributed by atoms with Gasteiger partial charge in [0.1, 0.15) is 0 Å². The normalized spacial score (nSPS) is 16.3. The molecule has 2 aromatic carbocycles. The molecule has 3 heterocycles. The van der Waals surface area contributed by atoms with E-state index in [9.17, 15) is 14.0 Å². The molecule has 4 N–H and O–H groups in total. The Morgan fingerprint density at radius 1 is 1.05 bits per heavy atom. The number of ether oxygens (including phenoxy) is 1. The monoisotopic (exact) mass is 613 g/mol. The minimum atomic E-state index is -0.648. The van der Waals surface area contributed by atoms with Crippen molar-refractivity contribution >= 4 is 40.5 Å². The van der Waals surface area contributed by atoms with Crippen LogP contribution in [0.3, 0.4) is 0 Å². The quantitative estimate of drug-likeness (QED) is 0.327. The largest absolute Gasteiger partial charge is 0.396 e. The number of amides is 2. The third-order valence-electron chi connectivity index (χ3n) is 7.98. The average Bonchev–Trinajstić information content (AvgIpc) is 3.50. The van der Waals surface area contributed by atoms with Crippen LogP contribution in [-0.2, 0) is 4.74 Å². The number of benzene rings is 2. The molecule has 12 nitrogen and oxygen atoms in total. The van der Waals surface area contributed by atoms with Crippen molar-refractivity contribution < 1.29 is 18.7 Å². The minimum absolute atomic E-state index is 0.000273. The molecule has 2 aliphatic rings. The molecule has 14 heteroatoms. The van der Waals surface area contributed by atoms with Crippen LogP contribution in [0.1, 0.15) is 32.0 Å². The maximum atomic E-state index is 14.3. The first-order valence-electron chi connectivity index (χ1n) is 14.3. The van der Waals surface area contributed by atoms with Gasteiger partial charge in [0, 0.05) is 63.5 Å². The number of nitrogens with zero attached hydrogens (tertiary/aromatic N) is 6. The number of nitrogens with one attached hydrogen (secondary N) is 2. The number of rotatable bonds is 8. The van der Waals surface area contributed by atoms with Crippen LogP contribution in [-0.4, -0.2) is 109 Å². The van der Waals surface area contributed by atoms with E-state index in [0.717, 1.165) is 51.5 Å². The Balaban J connectivity index is 1.41. The highest BCUT2D eigenvalue weighted by molar-refractivity contribution is 6.35. The number of halogens is 2. The Bertz CT molecular complexity index is 1500. The van der Waals surface area contributed by atoms with Gasteiger partial charge in [-0.05, 0) is 39.1 Å². The lowest BCUT2D eigenvalue weighted by atomic mass is 10.1. The van der Waals surface area contributed by atoms with Gasteiger partial charge in [-0.15, -0.1) is 5.10 Å². The van der Waals surface area contributed by atoms with Crippen molar-refractivity contribution in [1.29, 1.82) is 0 Å². The molecule has 0 radical (unpaired) electrons. The Labute approximate surface area is 254 Å². The highest BCUT2D eigenvalue weighted by atomic mass is 35.5. The summed E-state index contributed by atoms with van der Waals surface area (Å²) in [5.41, 5.74) is 8.74. The predicted octanol–water partition coefficient (Wildman–Crippen LogP) is 2.32. The van der Waals surface area contributed by atoms with Gasteiger partial charge in [-0.1, -0.05) is 16.8 Å². The van der Waals surface area contributed by atoms with Crippen molar-refractivity contribution in [2.45, 2.75) is 13.8 Å². The molecule has 5 rings (SSSR count). The Kier molecular flexibility index (Phi) is 9.45. The van der Waals surface area contributed by atoms with Crippen molar-refractivity contribution in [2.75, 3.05) is 88.6 Å². The summed E-state index contributed by atoms with van der Waals surface area (Å²) in [6.45, 7) is 10.9. The zero-order chi connectivity index (χ0) is 30.7. The number of likely N-dealkylation sites (N-methyl/N-ethyl adjacent to an activating group) is 1. The second-order valence-electron chi connectivity index (χ2n) is 10.9. The van der Waals surface area contributed by atoms with Crippen LogP contribution in [0.5, 0.6) is 0 Å². The second-order valence-corrected chi connectivity index (χ2v) is 11.3. The number of carbonyl (C=O) groups excluding carboxylic acids is 2. The minimum Gasteiger partial charge on any atom is -0.396 e. The molecule has 0 spiro atoms. The molecule has 43 heavy (non-hydrogen) atoms. The van der Waals surface area contributed by atoms with E-state index in [1.165, 1.54) is 17.7 Å². The summed E-state index contributed by atoms with van der Waals surface area (Å²) in [6, 6.07) is 5.05. The first-order chi connectivity index (χ1) is 20.6. The van der Waals surface area contributed by atoms with Gasteiger partial charge in [0.25, 0.3) is 11.8 Å². The molecule has 2 amide bonds. The number of anilines is 3. The predicted molar refractivity (Wildman–Crippen MR) is 164 cm³/mol. The maximum Gasteiger partial charge on any atom is 0.273 e. The number of nitrogens with two attached hydrogens (primary N) is 1. The standard InChI is InChI=1S/C29H37ClFN9O3/c1-18-23(40-17-22(35-36-40)29(42)33-6-7-38-12-14-43-15-13-38)4-5-24(39-10-8-37(3)9-11-39)27(18)34-28(41)20-16-21(32)26(31)19(2)25(20)30/h4-5,16-17H,6-15,32H2,1-3H3,(H,33,42)(H,34,41). The molecule has 230 valence electrons. The fraction of sp³-hybridized carbons (Fsp3) is 0.448. The summed E-state index contributed by atoms with van der Waals surface area (Å²) in [4.78, 5) is 33.0. The summed E-state index contributed by atoms with van der Waals surface area (Å²) >= 11 is 6.37. The number of morpholine rings is 1. The summed E-state index contributed by atoms with van der Waals surface area (Å²) in [6.07, 6.45) is 1.56. The molecular weight excluding hydrogens is 577 g/mol. The van der Waals surface area contributed by atoms with Gasteiger partial charge in [-0.2, -0.15) is 0 Å². The van der Waals surface area contributed by atoms with E-state index in [-0.39, 0.29) is 33.4 Å². The summed E-state index contributed by atoms with van der Waals surface area (Å²) in [7, 11) is 2.07. The van der Waals surface area contributed by atoms with Crippen LogP contribution >= 0.6 is 11.6 Å². The first-order valence-corrected chi connectivity index (χ1v) is 14.7.